The molecule has 108 valence electrons. The summed E-state index contributed by atoms with van der Waals surface area (Å²) in [4.78, 5) is 0. The third-order valence-corrected chi connectivity index (χ3v) is 5.16. The van der Waals surface area contributed by atoms with Gasteiger partial charge in [0.25, 0.3) is 0 Å². The second-order valence-electron chi connectivity index (χ2n) is 5.13. The van der Waals surface area contributed by atoms with Gasteiger partial charge in [0.1, 0.15) is 5.75 Å². The minimum Gasteiger partial charge on any atom is -0.508 e. The first-order chi connectivity index (χ1) is 8.95. The van der Waals surface area contributed by atoms with Crippen LogP contribution in [0.25, 0.3) is 0 Å². The summed E-state index contributed by atoms with van der Waals surface area (Å²) in [6.45, 7) is 5.80. The van der Waals surface area contributed by atoms with Crippen LogP contribution in [-0.2, 0) is 9.09 Å². The lowest BCUT2D eigenvalue weighted by molar-refractivity contribution is 0.215. The smallest absolute Gasteiger partial charge is 0.229 e. The summed E-state index contributed by atoms with van der Waals surface area (Å²) < 4.78 is 18.2. The fourth-order valence-electron chi connectivity index (χ4n) is 2.04. The molecule has 0 aliphatic rings. The third-order valence-electron chi connectivity index (χ3n) is 3.16. The van der Waals surface area contributed by atoms with Gasteiger partial charge in [-0.1, -0.05) is 32.6 Å². The van der Waals surface area contributed by atoms with Gasteiger partial charge >= 0.3 is 0 Å². The first kappa shape index (κ1) is 16.3. The Morgan fingerprint density at radius 2 is 1.84 bits per heavy atom. The number of hydrogen-bond donors (Lipinski definition) is 1. The molecular weight excluding hydrogens is 259 g/mol. The molecule has 1 aromatic carbocycles. The van der Waals surface area contributed by atoms with Crippen LogP contribution >= 0.6 is 7.37 Å². The highest BCUT2D eigenvalue weighted by Crippen LogP contribution is 2.43. The van der Waals surface area contributed by atoms with Gasteiger partial charge in [-0.05, 0) is 37.6 Å². The molecule has 0 heterocycles. The number of phenolic OH excluding ortho intramolecular Hbond substituents is 1. The predicted molar refractivity (Wildman–Crippen MR) is 80.6 cm³/mol. The maximum absolute atomic E-state index is 12.5. The Morgan fingerprint density at radius 1 is 1.21 bits per heavy atom. The van der Waals surface area contributed by atoms with Crippen molar-refractivity contribution in [3.8, 4) is 5.75 Å². The third kappa shape index (κ3) is 5.80. The Labute approximate surface area is 116 Å². The lowest BCUT2D eigenvalue weighted by Crippen LogP contribution is -2.13. The fraction of sp³-hybridized carbons (Fsp3) is 0.600. The zero-order chi connectivity index (χ0) is 14.3. The molecule has 0 saturated carbocycles. The summed E-state index contributed by atoms with van der Waals surface area (Å²) >= 11 is 0. The van der Waals surface area contributed by atoms with Crippen LogP contribution in [0, 0.1) is 0 Å². The van der Waals surface area contributed by atoms with Crippen molar-refractivity contribution in [2.24, 2.45) is 0 Å². The highest BCUT2D eigenvalue weighted by atomic mass is 31.2. The van der Waals surface area contributed by atoms with E-state index in [1.165, 1.54) is 19.3 Å². The molecule has 1 N–H and O–H groups in total. The van der Waals surface area contributed by atoms with Crippen molar-refractivity contribution < 1.29 is 14.2 Å². The van der Waals surface area contributed by atoms with Gasteiger partial charge in [-0.25, -0.2) is 0 Å². The summed E-state index contributed by atoms with van der Waals surface area (Å²) in [5.74, 6) is 0.177. The van der Waals surface area contributed by atoms with E-state index >= 15 is 0 Å². The van der Waals surface area contributed by atoms with Crippen LogP contribution in [0.15, 0.2) is 24.3 Å². The number of unbranched alkanes of at least 4 members (excludes halogenated alkanes) is 3. The molecule has 0 aliphatic heterocycles. The van der Waals surface area contributed by atoms with Crippen LogP contribution in [0.3, 0.4) is 0 Å². The monoisotopic (exact) mass is 284 g/mol. The molecule has 0 saturated heterocycles. The summed E-state index contributed by atoms with van der Waals surface area (Å²) in [5, 5.41) is 9.90. The SMILES string of the molecule is CCCCCC[C@@H](C)O[P@@](C)(=O)c1ccc(O)cc1. The second-order valence-corrected chi connectivity index (χ2v) is 7.55. The molecule has 0 unspecified atom stereocenters. The number of benzene rings is 1. The maximum Gasteiger partial charge on any atom is 0.229 e. The van der Waals surface area contributed by atoms with Gasteiger partial charge in [-0.15, -0.1) is 0 Å². The predicted octanol–water partition coefficient (Wildman–Crippen LogP) is 4.30. The molecule has 3 nitrogen and oxygen atoms in total. The molecule has 1 aromatic rings. The van der Waals surface area contributed by atoms with Crippen molar-refractivity contribution in [3.63, 3.8) is 0 Å². The fourth-order valence-corrected chi connectivity index (χ4v) is 3.64. The first-order valence-electron chi connectivity index (χ1n) is 7.01. The van der Waals surface area contributed by atoms with Gasteiger partial charge in [0.2, 0.25) is 7.37 Å². The first-order valence-corrected chi connectivity index (χ1v) is 9.08. The quantitative estimate of drug-likeness (QED) is 0.572. The van der Waals surface area contributed by atoms with Gasteiger partial charge in [-0.3, -0.25) is 4.57 Å². The van der Waals surface area contributed by atoms with Crippen molar-refractivity contribution >= 4 is 12.7 Å². The zero-order valence-electron chi connectivity index (χ0n) is 12.1. The van der Waals surface area contributed by atoms with E-state index in [9.17, 15) is 9.67 Å². The van der Waals surface area contributed by atoms with E-state index in [0.717, 1.165) is 12.8 Å². The molecule has 2 atom stereocenters. The molecule has 0 aromatic heterocycles. The van der Waals surface area contributed by atoms with Gasteiger partial charge in [0, 0.05) is 12.0 Å². The lowest BCUT2D eigenvalue weighted by Gasteiger charge is -2.19. The van der Waals surface area contributed by atoms with Gasteiger partial charge < -0.3 is 9.63 Å². The number of rotatable bonds is 8. The molecule has 0 bridgehead atoms. The minimum absolute atomic E-state index is 0.00138. The molecule has 1 rings (SSSR count). The van der Waals surface area contributed by atoms with Crippen LogP contribution in [0.1, 0.15) is 46.0 Å². The highest BCUT2D eigenvalue weighted by molar-refractivity contribution is 7.66. The molecule has 0 aliphatic carbocycles. The second kappa shape index (κ2) is 7.72. The average Bonchev–Trinajstić information content (AvgIpc) is 2.34. The van der Waals surface area contributed by atoms with Crippen molar-refractivity contribution in [1.82, 2.24) is 0 Å². The van der Waals surface area contributed by atoms with E-state index in [1.807, 2.05) is 6.92 Å². The molecule has 4 heteroatoms. The summed E-state index contributed by atoms with van der Waals surface area (Å²) in [6, 6.07) is 6.42. The van der Waals surface area contributed by atoms with Crippen LogP contribution in [0.2, 0.25) is 0 Å². The lowest BCUT2D eigenvalue weighted by atomic mass is 10.1. The number of phenols is 1. The van der Waals surface area contributed by atoms with Gasteiger partial charge in [-0.2, -0.15) is 0 Å². The standard InChI is InChI=1S/C15H25O3P/c1-4-5-6-7-8-13(2)18-19(3,17)15-11-9-14(16)10-12-15/h9-13,16H,4-8H2,1-3H3/t13-,19-/m1/s1. The number of hydrogen-bond acceptors (Lipinski definition) is 3. The molecule has 0 fully saturated rings. The number of aromatic hydroxyl groups is 1. The topological polar surface area (TPSA) is 46.5 Å². The Bertz CT molecular complexity index is 414. The van der Waals surface area contributed by atoms with E-state index < -0.39 is 7.37 Å². The Kier molecular flexibility index (Phi) is 6.60. The normalized spacial score (nSPS) is 15.9. The van der Waals surface area contributed by atoms with Crippen molar-refractivity contribution in [1.29, 1.82) is 0 Å². The summed E-state index contributed by atoms with van der Waals surface area (Å²) in [7, 11) is -2.79. The molecular formula is C15H25O3P. The maximum atomic E-state index is 12.5. The Balaban J connectivity index is 2.49. The van der Waals surface area contributed by atoms with E-state index in [4.69, 9.17) is 4.52 Å². The van der Waals surface area contributed by atoms with Gasteiger partial charge in [0.05, 0.1) is 6.10 Å². The van der Waals surface area contributed by atoms with E-state index in [-0.39, 0.29) is 11.9 Å². The van der Waals surface area contributed by atoms with Crippen molar-refractivity contribution in [2.45, 2.75) is 52.1 Å². The molecule has 0 spiro atoms. The van der Waals surface area contributed by atoms with E-state index in [1.54, 1.807) is 30.9 Å². The van der Waals surface area contributed by atoms with Crippen LogP contribution in [-0.4, -0.2) is 17.9 Å². The Morgan fingerprint density at radius 3 is 2.42 bits per heavy atom. The Hall–Kier alpha value is -0.790. The summed E-state index contributed by atoms with van der Waals surface area (Å²) in [6.07, 6.45) is 5.73. The van der Waals surface area contributed by atoms with Crippen molar-refractivity contribution in [2.75, 3.05) is 6.66 Å². The van der Waals surface area contributed by atoms with Gasteiger partial charge in [0.15, 0.2) is 0 Å². The van der Waals surface area contributed by atoms with Crippen LogP contribution in [0.4, 0.5) is 0 Å². The largest absolute Gasteiger partial charge is 0.508 e. The van der Waals surface area contributed by atoms with Crippen LogP contribution < -0.4 is 5.30 Å². The van der Waals surface area contributed by atoms with Crippen LogP contribution in [0.5, 0.6) is 5.75 Å². The van der Waals surface area contributed by atoms with Crippen molar-refractivity contribution in [3.05, 3.63) is 24.3 Å². The van der Waals surface area contributed by atoms with E-state index in [0.29, 0.717) is 5.30 Å². The average molecular weight is 284 g/mol. The zero-order valence-corrected chi connectivity index (χ0v) is 13.0. The summed E-state index contributed by atoms with van der Waals surface area (Å²) in [5.41, 5.74) is 0. The molecule has 0 amide bonds. The molecule has 0 radical (unpaired) electrons. The van der Waals surface area contributed by atoms with E-state index in [2.05, 4.69) is 6.92 Å². The molecule has 19 heavy (non-hydrogen) atoms. The highest BCUT2D eigenvalue weighted by Gasteiger charge is 2.22. The minimum atomic E-state index is -2.79.